The monoisotopic (exact) mass is 530 g/mol. The van der Waals surface area contributed by atoms with E-state index in [9.17, 15) is 13.2 Å². The molecule has 2 aliphatic rings. The molecule has 180 valence electrons. The highest BCUT2D eigenvalue weighted by molar-refractivity contribution is 9.10. The molecule has 3 rings (SSSR count). The van der Waals surface area contributed by atoms with Crippen molar-refractivity contribution in [2.75, 3.05) is 18.4 Å². The Bertz CT molecular complexity index is 981. The number of nitrogens with one attached hydrogen (secondary N) is 1. The Balaban J connectivity index is 2.11. The number of hydrogen-bond acceptors (Lipinski definition) is 5. The van der Waals surface area contributed by atoms with Gasteiger partial charge in [0, 0.05) is 22.6 Å². The van der Waals surface area contributed by atoms with Crippen LogP contribution in [0, 0.1) is 13.8 Å². The lowest BCUT2D eigenvalue weighted by molar-refractivity contribution is -0.164. The second-order valence-electron chi connectivity index (χ2n) is 9.72. The van der Waals surface area contributed by atoms with E-state index in [-0.39, 0.29) is 6.04 Å². The summed E-state index contributed by atoms with van der Waals surface area (Å²) in [5.41, 5.74) is 3.05. The third kappa shape index (κ3) is 5.16. The van der Waals surface area contributed by atoms with Gasteiger partial charge in [0.05, 0.1) is 18.4 Å². The summed E-state index contributed by atoms with van der Waals surface area (Å²) in [6.45, 7) is 9.83. The predicted octanol–water partition coefficient (Wildman–Crippen LogP) is 4.94. The molecule has 1 saturated carbocycles. The minimum absolute atomic E-state index is 0.0335. The van der Waals surface area contributed by atoms with Crippen molar-refractivity contribution in [3.05, 3.63) is 26.7 Å². The Kier molecular flexibility index (Phi) is 7.64. The number of benzene rings is 1. The molecule has 7 nitrogen and oxygen atoms in total. The highest BCUT2D eigenvalue weighted by Crippen LogP contribution is 2.43. The lowest BCUT2D eigenvalue weighted by Gasteiger charge is -2.32. The smallest absolute Gasteiger partial charge is 0.339 e. The first kappa shape index (κ1) is 25.5. The van der Waals surface area contributed by atoms with Gasteiger partial charge in [-0.1, -0.05) is 35.2 Å². The van der Waals surface area contributed by atoms with Gasteiger partial charge in [0.25, 0.3) is 0 Å². The average Bonchev–Trinajstić information content (AvgIpc) is 2.86. The molecule has 0 amide bonds. The summed E-state index contributed by atoms with van der Waals surface area (Å²) >= 11 is 3.68. The van der Waals surface area contributed by atoms with Crippen LogP contribution < -0.4 is 4.72 Å². The number of carbonyl (C=O) groups excluding carboxylic acids is 1. The fraction of sp³-hybridized carbons (Fsp3) is 0.696. The minimum Gasteiger partial charge on any atom is -0.467 e. The number of hydrogen-bond donors (Lipinski definition) is 1. The first-order chi connectivity index (χ1) is 14.9. The van der Waals surface area contributed by atoms with E-state index in [4.69, 9.17) is 9.47 Å². The molecule has 9 heteroatoms. The fourth-order valence-corrected chi connectivity index (χ4v) is 7.10. The number of esters is 1. The van der Waals surface area contributed by atoms with Crippen LogP contribution in [0.4, 0.5) is 5.69 Å². The van der Waals surface area contributed by atoms with Crippen molar-refractivity contribution < 1.29 is 22.7 Å². The molecule has 0 spiro atoms. The van der Waals surface area contributed by atoms with Crippen molar-refractivity contribution >= 4 is 37.8 Å². The van der Waals surface area contributed by atoms with Crippen LogP contribution in [-0.2, 0) is 30.9 Å². The first-order valence-electron chi connectivity index (χ1n) is 11.2. The van der Waals surface area contributed by atoms with Crippen LogP contribution in [0.3, 0.4) is 0 Å². The summed E-state index contributed by atoms with van der Waals surface area (Å²) in [5, 5.41) is 0. The van der Waals surface area contributed by atoms with E-state index >= 15 is 0 Å². The zero-order chi connectivity index (χ0) is 23.8. The van der Waals surface area contributed by atoms with Gasteiger partial charge < -0.3 is 9.47 Å². The summed E-state index contributed by atoms with van der Waals surface area (Å²) in [5.74, 6) is -0.525. The average molecular weight is 532 g/mol. The maximum Gasteiger partial charge on any atom is 0.339 e. The minimum atomic E-state index is -3.72. The third-order valence-electron chi connectivity index (χ3n) is 6.35. The number of methoxy groups -OCH3 is 1. The number of ether oxygens (including phenoxy) is 2. The van der Waals surface area contributed by atoms with E-state index in [0.717, 1.165) is 47.7 Å². The molecule has 0 bridgehead atoms. The quantitative estimate of drug-likeness (QED) is 0.557. The molecule has 0 saturated heterocycles. The van der Waals surface area contributed by atoms with Gasteiger partial charge in [-0.25, -0.2) is 4.79 Å². The van der Waals surface area contributed by atoms with Crippen LogP contribution in [-0.4, -0.2) is 44.0 Å². The number of carbonyl (C=O) groups is 1. The molecule has 1 atom stereocenters. The lowest BCUT2D eigenvalue weighted by Crippen LogP contribution is -2.44. The summed E-state index contributed by atoms with van der Waals surface area (Å²) in [6, 6.07) is 0.0335. The van der Waals surface area contributed by atoms with Gasteiger partial charge in [-0.3, -0.25) is 4.72 Å². The summed E-state index contributed by atoms with van der Waals surface area (Å²) < 4.78 is 43.2. The van der Waals surface area contributed by atoms with Crippen LogP contribution in [0.2, 0.25) is 0 Å². The molecule has 0 unspecified atom stereocenters. The highest BCUT2D eigenvalue weighted by Gasteiger charge is 2.38. The number of fused-ring (bicyclic) bond motifs is 1. The van der Waals surface area contributed by atoms with Crippen molar-refractivity contribution in [1.29, 1.82) is 0 Å². The molecule has 1 aliphatic heterocycles. The maximum absolute atomic E-state index is 13.4. The summed E-state index contributed by atoms with van der Waals surface area (Å²) in [7, 11) is -2.39. The van der Waals surface area contributed by atoms with Gasteiger partial charge in [0.1, 0.15) is 0 Å². The zero-order valence-corrected chi connectivity index (χ0v) is 22.3. The fourth-order valence-electron chi connectivity index (χ4n) is 4.77. The predicted molar refractivity (Wildman–Crippen MR) is 129 cm³/mol. The molecule has 0 aromatic heterocycles. The Morgan fingerprint density at radius 1 is 1.16 bits per heavy atom. The van der Waals surface area contributed by atoms with Gasteiger partial charge >= 0.3 is 16.2 Å². The Morgan fingerprint density at radius 2 is 1.78 bits per heavy atom. The van der Waals surface area contributed by atoms with Gasteiger partial charge in [-0.2, -0.15) is 12.7 Å². The number of nitrogens with zero attached hydrogens (tertiary/aromatic N) is 1. The van der Waals surface area contributed by atoms with Crippen molar-refractivity contribution in [3.63, 3.8) is 0 Å². The van der Waals surface area contributed by atoms with Crippen LogP contribution in [0.5, 0.6) is 0 Å². The van der Waals surface area contributed by atoms with Gasteiger partial charge in [-0.15, -0.1) is 0 Å². The molecule has 1 heterocycles. The molecule has 1 aromatic carbocycles. The summed E-state index contributed by atoms with van der Waals surface area (Å²) in [4.78, 5) is 12.7. The highest BCUT2D eigenvalue weighted by atomic mass is 79.9. The molecular formula is C23H35BrN2O5S. The first-order valence-corrected chi connectivity index (χ1v) is 13.5. The van der Waals surface area contributed by atoms with E-state index in [1.165, 1.54) is 7.11 Å². The van der Waals surface area contributed by atoms with E-state index in [0.29, 0.717) is 29.8 Å². The van der Waals surface area contributed by atoms with Gasteiger partial charge in [0.15, 0.2) is 6.10 Å². The second-order valence-corrected chi connectivity index (χ2v) is 12.1. The maximum atomic E-state index is 13.4. The van der Waals surface area contributed by atoms with Crippen molar-refractivity contribution in [1.82, 2.24) is 4.31 Å². The van der Waals surface area contributed by atoms with E-state index in [1.807, 2.05) is 34.6 Å². The largest absolute Gasteiger partial charge is 0.467 e. The topological polar surface area (TPSA) is 84.9 Å². The Labute approximate surface area is 200 Å². The van der Waals surface area contributed by atoms with E-state index < -0.39 is 27.9 Å². The molecule has 0 radical (unpaired) electrons. The Hall–Kier alpha value is -1.16. The van der Waals surface area contributed by atoms with E-state index in [2.05, 4.69) is 20.7 Å². The molecule has 1 aliphatic carbocycles. The van der Waals surface area contributed by atoms with Crippen molar-refractivity contribution in [3.8, 4) is 0 Å². The Morgan fingerprint density at radius 3 is 2.34 bits per heavy atom. The van der Waals surface area contributed by atoms with Crippen molar-refractivity contribution in [2.45, 2.75) is 90.9 Å². The van der Waals surface area contributed by atoms with Crippen molar-refractivity contribution in [2.24, 2.45) is 0 Å². The molecular weight excluding hydrogens is 496 g/mol. The number of anilines is 1. The lowest BCUT2D eigenvalue weighted by atomic mass is 9.91. The molecule has 1 N–H and O–H groups in total. The number of halogens is 1. The SMILES string of the molecule is COC(=O)[C@@H](OC(C)(C)C)c1c(C)c2c(c(C)c1Br)CCN(C1CCCCC1)S(=O)(=O)N2. The zero-order valence-electron chi connectivity index (χ0n) is 19.9. The molecule has 32 heavy (non-hydrogen) atoms. The third-order valence-corrected chi connectivity index (χ3v) is 8.93. The van der Waals surface area contributed by atoms with Crippen LogP contribution in [0.15, 0.2) is 4.47 Å². The van der Waals surface area contributed by atoms with Crippen LogP contribution in [0.1, 0.15) is 81.2 Å². The van der Waals surface area contributed by atoms with Crippen LogP contribution in [0.25, 0.3) is 0 Å². The standard InChI is InChI=1S/C23H35BrN2O5S/c1-14-17-12-13-26(16-10-8-7-9-11-16)32(28,29)25-20(17)15(2)18(19(14)24)21(22(27)30-6)31-23(3,4)5/h16,21,25H,7-13H2,1-6H3/t21-/m0/s1. The molecule has 1 fully saturated rings. The second kappa shape index (κ2) is 9.60. The summed E-state index contributed by atoms with van der Waals surface area (Å²) in [6.07, 6.45) is 4.69. The molecule has 1 aromatic rings. The van der Waals surface area contributed by atoms with Crippen LogP contribution >= 0.6 is 15.9 Å². The normalized spacial score (nSPS) is 20.7. The number of rotatable bonds is 4. The van der Waals surface area contributed by atoms with E-state index in [1.54, 1.807) is 4.31 Å². The van der Waals surface area contributed by atoms with Gasteiger partial charge in [-0.05, 0) is 70.6 Å². The van der Waals surface area contributed by atoms with Gasteiger partial charge in [0.2, 0.25) is 0 Å².